The SMILES string of the molecule is Cc1cc(-c2cnc3c(n2)c(-c2cnn(C4CCN(C)CC4)c2)cn3[SH]=O)cnc1N1CCOC2(CC2)C1. The molecule has 4 aromatic rings. The lowest BCUT2D eigenvalue weighted by Crippen LogP contribution is -2.44. The number of aromatic nitrogens is 6. The summed E-state index contributed by atoms with van der Waals surface area (Å²) in [6, 6.07) is 2.52. The highest BCUT2D eigenvalue weighted by Crippen LogP contribution is 2.43. The Morgan fingerprint density at radius 2 is 1.89 bits per heavy atom. The van der Waals surface area contributed by atoms with Crippen LogP contribution < -0.4 is 4.90 Å². The molecule has 4 aromatic heterocycles. The maximum absolute atomic E-state index is 11.9. The van der Waals surface area contributed by atoms with E-state index < -0.39 is 0 Å². The van der Waals surface area contributed by atoms with Gasteiger partial charge in [0, 0.05) is 48.4 Å². The number of nitrogens with zero attached hydrogens (tertiary/aromatic N) is 8. The number of hydrogen-bond acceptors (Lipinski definition) is 8. The molecule has 38 heavy (non-hydrogen) atoms. The predicted molar refractivity (Wildman–Crippen MR) is 148 cm³/mol. The van der Waals surface area contributed by atoms with Crippen molar-refractivity contribution in [2.45, 2.75) is 44.2 Å². The number of ether oxygens (including phenoxy) is 1. The van der Waals surface area contributed by atoms with Gasteiger partial charge in [-0.2, -0.15) is 5.10 Å². The third-order valence-electron chi connectivity index (χ3n) is 8.24. The van der Waals surface area contributed by atoms with Crippen LogP contribution >= 0.6 is 0 Å². The van der Waals surface area contributed by atoms with Crippen molar-refractivity contribution < 1.29 is 8.95 Å². The van der Waals surface area contributed by atoms with Gasteiger partial charge in [0.2, 0.25) is 0 Å². The Labute approximate surface area is 225 Å². The molecule has 3 fully saturated rings. The van der Waals surface area contributed by atoms with Crippen LogP contribution in [0.25, 0.3) is 33.5 Å². The molecule has 1 saturated carbocycles. The second-order valence-corrected chi connectivity index (χ2v) is 11.6. The summed E-state index contributed by atoms with van der Waals surface area (Å²) >= 11 is -0.149. The van der Waals surface area contributed by atoms with Gasteiger partial charge >= 0.3 is 0 Å². The van der Waals surface area contributed by atoms with Crippen molar-refractivity contribution in [2.75, 3.05) is 44.7 Å². The van der Waals surface area contributed by atoms with Crippen LogP contribution in [-0.4, -0.2) is 83.2 Å². The summed E-state index contributed by atoms with van der Waals surface area (Å²) in [5, 5.41) is 4.68. The first kappa shape index (κ1) is 23.9. The number of fused-ring (bicyclic) bond motifs is 1. The van der Waals surface area contributed by atoms with E-state index in [-0.39, 0.29) is 17.5 Å². The van der Waals surface area contributed by atoms with E-state index in [0.717, 1.165) is 92.2 Å². The van der Waals surface area contributed by atoms with Gasteiger partial charge in [-0.25, -0.2) is 19.2 Å². The molecule has 0 unspecified atom stereocenters. The van der Waals surface area contributed by atoms with Gasteiger partial charge in [-0.1, -0.05) is 0 Å². The summed E-state index contributed by atoms with van der Waals surface area (Å²) in [5.74, 6) is 1.01. The van der Waals surface area contributed by atoms with Gasteiger partial charge in [-0.15, -0.1) is 0 Å². The van der Waals surface area contributed by atoms with E-state index in [0.29, 0.717) is 17.2 Å². The first-order valence-corrected chi connectivity index (χ1v) is 14.1. The third kappa shape index (κ3) is 4.22. The number of likely N-dealkylation sites (tertiary alicyclic amines) is 1. The van der Waals surface area contributed by atoms with Crippen molar-refractivity contribution in [3.8, 4) is 22.4 Å². The van der Waals surface area contributed by atoms with Crippen LogP contribution in [0.15, 0.2) is 37.1 Å². The minimum atomic E-state index is -0.149. The van der Waals surface area contributed by atoms with Crippen LogP contribution in [-0.2, 0) is 16.6 Å². The third-order valence-corrected chi connectivity index (χ3v) is 8.72. The van der Waals surface area contributed by atoms with Gasteiger partial charge < -0.3 is 14.5 Å². The molecule has 0 atom stereocenters. The maximum atomic E-state index is 11.9. The zero-order valence-corrected chi connectivity index (χ0v) is 22.6. The molecule has 10 nitrogen and oxygen atoms in total. The Morgan fingerprint density at radius 1 is 1.05 bits per heavy atom. The highest BCUT2D eigenvalue weighted by Gasteiger charge is 2.47. The number of morpholine rings is 1. The van der Waals surface area contributed by atoms with Crippen LogP contribution in [0.5, 0.6) is 0 Å². The fourth-order valence-corrected chi connectivity index (χ4v) is 6.22. The molecule has 0 N–H and O–H groups in total. The Kier molecular flexibility index (Phi) is 5.82. The van der Waals surface area contributed by atoms with E-state index in [9.17, 15) is 4.21 Å². The second kappa shape index (κ2) is 9.25. The van der Waals surface area contributed by atoms with Crippen LogP contribution in [0.1, 0.15) is 37.3 Å². The minimum absolute atomic E-state index is 0.0488. The van der Waals surface area contributed by atoms with Gasteiger partial charge in [0.1, 0.15) is 23.2 Å². The number of piperidine rings is 1. The smallest absolute Gasteiger partial charge is 0.171 e. The predicted octanol–water partition coefficient (Wildman–Crippen LogP) is 3.01. The van der Waals surface area contributed by atoms with E-state index in [1.807, 2.05) is 18.6 Å². The quantitative estimate of drug-likeness (QED) is 0.392. The van der Waals surface area contributed by atoms with Crippen molar-refractivity contribution in [2.24, 2.45) is 0 Å². The lowest BCUT2D eigenvalue weighted by Gasteiger charge is -2.34. The van der Waals surface area contributed by atoms with Crippen LogP contribution in [0.3, 0.4) is 0 Å². The van der Waals surface area contributed by atoms with E-state index in [4.69, 9.17) is 14.7 Å². The average molecular weight is 533 g/mol. The molecule has 2 aliphatic heterocycles. The molecule has 1 spiro atoms. The van der Waals surface area contributed by atoms with E-state index in [2.05, 4.69) is 50.8 Å². The van der Waals surface area contributed by atoms with Gasteiger partial charge in [-0.05, 0) is 64.4 Å². The minimum Gasteiger partial charge on any atom is -0.371 e. The molecule has 2 saturated heterocycles. The summed E-state index contributed by atoms with van der Waals surface area (Å²) in [7, 11) is 2.16. The molecule has 11 heteroatoms. The summed E-state index contributed by atoms with van der Waals surface area (Å²) in [4.78, 5) is 19.2. The molecular formula is C27H32N8O2S. The molecule has 0 aromatic carbocycles. The number of anilines is 1. The van der Waals surface area contributed by atoms with Crippen molar-refractivity contribution >= 4 is 28.8 Å². The number of hydrogen-bond donors (Lipinski definition) is 1. The van der Waals surface area contributed by atoms with Crippen molar-refractivity contribution in [1.29, 1.82) is 0 Å². The Balaban J connectivity index is 1.21. The molecule has 0 radical (unpaired) electrons. The van der Waals surface area contributed by atoms with Gasteiger partial charge in [0.15, 0.2) is 5.65 Å². The molecule has 0 bridgehead atoms. The molecular weight excluding hydrogens is 500 g/mol. The van der Waals surface area contributed by atoms with Crippen LogP contribution in [0.4, 0.5) is 5.82 Å². The number of aryl methyl sites for hydroxylation is 1. The summed E-state index contributed by atoms with van der Waals surface area (Å²) in [5.41, 5.74) is 5.93. The lowest BCUT2D eigenvalue weighted by atomic mass is 10.1. The highest BCUT2D eigenvalue weighted by molar-refractivity contribution is 7.64. The van der Waals surface area contributed by atoms with E-state index in [1.165, 1.54) is 0 Å². The molecule has 7 rings (SSSR count). The van der Waals surface area contributed by atoms with Crippen LogP contribution in [0, 0.1) is 6.92 Å². The molecule has 3 aliphatic rings. The Bertz CT molecular complexity index is 1520. The van der Waals surface area contributed by atoms with Gasteiger partial charge in [0.05, 0.1) is 36.3 Å². The van der Waals surface area contributed by atoms with Crippen LogP contribution in [0.2, 0.25) is 0 Å². The van der Waals surface area contributed by atoms with E-state index in [1.54, 1.807) is 10.2 Å². The highest BCUT2D eigenvalue weighted by atomic mass is 32.2. The topological polar surface area (TPSA) is 94.2 Å². The average Bonchev–Trinajstić information content (AvgIpc) is 3.34. The number of pyridine rings is 1. The molecule has 6 heterocycles. The number of rotatable bonds is 5. The largest absolute Gasteiger partial charge is 0.371 e. The van der Waals surface area contributed by atoms with Crippen molar-refractivity contribution in [1.82, 2.24) is 33.6 Å². The second-order valence-electron chi connectivity index (χ2n) is 11.0. The molecule has 198 valence electrons. The van der Waals surface area contributed by atoms with Gasteiger partial charge in [0.25, 0.3) is 0 Å². The lowest BCUT2D eigenvalue weighted by molar-refractivity contribution is 0.0203. The molecule has 1 aliphatic carbocycles. The summed E-state index contributed by atoms with van der Waals surface area (Å²) < 4.78 is 21.6. The zero-order chi connectivity index (χ0) is 25.9. The van der Waals surface area contributed by atoms with Gasteiger partial charge in [-0.3, -0.25) is 8.65 Å². The first-order chi connectivity index (χ1) is 18.5. The maximum Gasteiger partial charge on any atom is 0.171 e. The Morgan fingerprint density at radius 3 is 2.66 bits per heavy atom. The number of thiol groups is 1. The zero-order valence-electron chi connectivity index (χ0n) is 21.7. The summed E-state index contributed by atoms with van der Waals surface area (Å²) in [6.45, 7) is 6.75. The first-order valence-electron chi connectivity index (χ1n) is 13.3. The normalized spacial score (nSPS) is 20.0. The fourth-order valence-electron chi connectivity index (χ4n) is 5.83. The molecule has 0 amide bonds. The fraction of sp³-hybridized carbons (Fsp3) is 0.481. The standard InChI is InChI=1S/C27H32N8O2S/c1-18-11-19(12-28-25(18)33-9-10-37-27(17-33)5-6-27)23-14-29-26-24(31-23)22(16-35(26)38-36)20-13-30-34(15-20)21-3-7-32(2)8-4-21/h11-16,21,38H,3-10,17H2,1-2H3. The van der Waals surface area contributed by atoms with Crippen molar-refractivity contribution in [3.05, 3.63) is 42.6 Å². The monoisotopic (exact) mass is 532 g/mol. The Hall–Kier alpha value is -3.15. The van der Waals surface area contributed by atoms with Crippen molar-refractivity contribution in [3.63, 3.8) is 0 Å². The van der Waals surface area contributed by atoms with E-state index >= 15 is 0 Å². The summed E-state index contributed by atoms with van der Waals surface area (Å²) in [6.07, 6.45) is 13.9.